The number of nitrogens with one attached hydrogen (secondary N) is 1. The van der Waals surface area contributed by atoms with Crippen molar-refractivity contribution in [3.63, 3.8) is 0 Å². The van der Waals surface area contributed by atoms with Gasteiger partial charge >= 0.3 is 0 Å². The number of hydrogen-bond donors (Lipinski definition) is 1. The summed E-state index contributed by atoms with van der Waals surface area (Å²) in [6.07, 6.45) is 0.961. The van der Waals surface area contributed by atoms with E-state index >= 15 is 0 Å². The number of aromatic nitrogens is 1. The molecule has 0 aliphatic rings. The van der Waals surface area contributed by atoms with Gasteiger partial charge in [0.15, 0.2) is 0 Å². The summed E-state index contributed by atoms with van der Waals surface area (Å²) in [4.78, 5) is 4.54. The molecule has 0 bridgehead atoms. The summed E-state index contributed by atoms with van der Waals surface area (Å²) in [6.45, 7) is 5.17. The highest BCUT2D eigenvalue weighted by atomic mass is 32.1. The molecule has 17 heavy (non-hydrogen) atoms. The Balaban J connectivity index is 2.13. The highest BCUT2D eigenvalue weighted by molar-refractivity contribution is 7.09. The van der Waals surface area contributed by atoms with E-state index in [0.717, 1.165) is 18.0 Å². The monoisotopic (exact) mass is 246 g/mol. The van der Waals surface area contributed by atoms with Gasteiger partial charge in [-0.15, -0.1) is 11.3 Å². The first-order valence-electron chi connectivity index (χ1n) is 5.99. The van der Waals surface area contributed by atoms with E-state index in [1.54, 1.807) is 11.3 Å². The molecule has 0 saturated heterocycles. The number of likely N-dealkylation sites (N-methyl/N-ethyl adjacent to an activating group) is 1. The van der Waals surface area contributed by atoms with Crippen molar-refractivity contribution >= 4 is 11.3 Å². The van der Waals surface area contributed by atoms with E-state index in [4.69, 9.17) is 0 Å². The summed E-state index contributed by atoms with van der Waals surface area (Å²) in [7, 11) is 0. The molecule has 1 N–H and O–H groups in total. The average Bonchev–Trinajstić information content (AvgIpc) is 2.75. The van der Waals surface area contributed by atoms with Gasteiger partial charge in [0.2, 0.25) is 0 Å². The number of benzene rings is 1. The van der Waals surface area contributed by atoms with Gasteiger partial charge in [-0.05, 0) is 19.0 Å². The first kappa shape index (κ1) is 12.3. The Hall–Kier alpha value is -1.19. The predicted octanol–water partition coefficient (Wildman–Crippen LogP) is 3.34. The summed E-state index contributed by atoms with van der Waals surface area (Å²) in [5.74, 6) is 0. The average molecular weight is 246 g/mol. The first-order chi connectivity index (χ1) is 8.29. The molecule has 0 fully saturated rings. The summed E-state index contributed by atoms with van der Waals surface area (Å²) in [6, 6.07) is 10.9. The van der Waals surface area contributed by atoms with Crippen molar-refractivity contribution in [2.24, 2.45) is 0 Å². The van der Waals surface area contributed by atoms with Gasteiger partial charge < -0.3 is 5.32 Å². The van der Waals surface area contributed by atoms with Crippen molar-refractivity contribution in [3.8, 4) is 0 Å². The molecule has 0 spiro atoms. The topological polar surface area (TPSA) is 24.9 Å². The van der Waals surface area contributed by atoms with E-state index in [9.17, 15) is 0 Å². The van der Waals surface area contributed by atoms with E-state index < -0.39 is 0 Å². The van der Waals surface area contributed by atoms with E-state index in [2.05, 4.69) is 59.9 Å². The lowest BCUT2D eigenvalue weighted by atomic mass is 10.0. The third-order valence-corrected chi connectivity index (χ3v) is 3.55. The minimum Gasteiger partial charge on any atom is -0.310 e. The number of aryl methyl sites for hydroxylation is 1. The van der Waals surface area contributed by atoms with Gasteiger partial charge in [0, 0.05) is 17.8 Å². The van der Waals surface area contributed by atoms with Gasteiger partial charge in [0.05, 0.1) is 10.7 Å². The largest absolute Gasteiger partial charge is 0.310 e. The highest BCUT2D eigenvalue weighted by Gasteiger charge is 2.12. The molecule has 1 unspecified atom stereocenters. The SMILES string of the molecule is CCNC(Cc1csc(C)n1)c1ccccc1. The van der Waals surface area contributed by atoms with Gasteiger partial charge in [-0.1, -0.05) is 37.3 Å². The minimum atomic E-state index is 0.364. The highest BCUT2D eigenvalue weighted by Crippen LogP contribution is 2.19. The smallest absolute Gasteiger partial charge is 0.0897 e. The summed E-state index contributed by atoms with van der Waals surface area (Å²) >= 11 is 1.72. The maximum absolute atomic E-state index is 4.54. The van der Waals surface area contributed by atoms with Crippen LogP contribution in [0, 0.1) is 6.92 Å². The Kier molecular flexibility index (Phi) is 4.29. The Bertz CT molecular complexity index is 450. The molecule has 0 saturated carbocycles. The molecule has 0 aliphatic carbocycles. The second kappa shape index (κ2) is 5.94. The minimum absolute atomic E-state index is 0.364. The zero-order valence-electron chi connectivity index (χ0n) is 10.3. The van der Waals surface area contributed by atoms with Crippen molar-refractivity contribution < 1.29 is 0 Å². The van der Waals surface area contributed by atoms with Gasteiger partial charge in [0.1, 0.15) is 0 Å². The molecule has 1 atom stereocenters. The molecule has 1 aromatic heterocycles. The van der Waals surface area contributed by atoms with Gasteiger partial charge in [0.25, 0.3) is 0 Å². The van der Waals surface area contributed by atoms with Crippen molar-refractivity contribution in [1.82, 2.24) is 10.3 Å². The standard InChI is InChI=1S/C14H18N2S/c1-3-15-14(12-7-5-4-6-8-12)9-13-10-17-11(2)16-13/h4-8,10,14-15H,3,9H2,1-2H3. The maximum atomic E-state index is 4.54. The summed E-state index contributed by atoms with van der Waals surface area (Å²) < 4.78 is 0. The van der Waals surface area contributed by atoms with Crippen molar-refractivity contribution in [2.45, 2.75) is 26.3 Å². The van der Waals surface area contributed by atoms with Crippen LogP contribution in [0.15, 0.2) is 35.7 Å². The lowest BCUT2D eigenvalue weighted by molar-refractivity contribution is 0.545. The van der Waals surface area contributed by atoms with Crippen molar-refractivity contribution in [2.75, 3.05) is 6.54 Å². The van der Waals surface area contributed by atoms with Crippen LogP contribution >= 0.6 is 11.3 Å². The van der Waals surface area contributed by atoms with Crippen LogP contribution in [-0.2, 0) is 6.42 Å². The Morgan fingerprint density at radius 1 is 1.29 bits per heavy atom. The van der Waals surface area contributed by atoms with Crippen LogP contribution in [0.2, 0.25) is 0 Å². The second-order valence-electron chi connectivity index (χ2n) is 4.08. The quantitative estimate of drug-likeness (QED) is 0.875. The van der Waals surface area contributed by atoms with E-state index in [1.807, 2.05) is 0 Å². The molecule has 0 radical (unpaired) electrons. The second-order valence-corrected chi connectivity index (χ2v) is 5.15. The van der Waals surface area contributed by atoms with E-state index in [1.165, 1.54) is 11.3 Å². The molecule has 1 heterocycles. The number of thiazole rings is 1. The zero-order chi connectivity index (χ0) is 12.1. The first-order valence-corrected chi connectivity index (χ1v) is 6.87. The molecule has 0 aliphatic heterocycles. The van der Waals surface area contributed by atoms with E-state index in [-0.39, 0.29) is 0 Å². The van der Waals surface area contributed by atoms with Crippen molar-refractivity contribution in [1.29, 1.82) is 0 Å². The fraction of sp³-hybridized carbons (Fsp3) is 0.357. The summed E-state index contributed by atoms with van der Waals surface area (Å²) in [5, 5.41) is 6.82. The van der Waals surface area contributed by atoms with Crippen LogP contribution in [-0.4, -0.2) is 11.5 Å². The molecule has 0 amide bonds. The lowest BCUT2D eigenvalue weighted by Gasteiger charge is -2.17. The fourth-order valence-corrected chi connectivity index (χ4v) is 2.58. The number of nitrogens with zero attached hydrogens (tertiary/aromatic N) is 1. The third-order valence-electron chi connectivity index (χ3n) is 2.73. The van der Waals surface area contributed by atoms with E-state index in [0.29, 0.717) is 6.04 Å². The zero-order valence-corrected chi connectivity index (χ0v) is 11.1. The van der Waals surface area contributed by atoms with Gasteiger partial charge in [-0.25, -0.2) is 4.98 Å². The van der Waals surface area contributed by atoms with Crippen LogP contribution in [0.25, 0.3) is 0 Å². The molecule has 90 valence electrons. The molecule has 2 rings (SSSR count). The van der Waals surface area contributed by atoms with Crippen LogP contribution in [0.5, 0.6) is 0 Å². The lowest BCUT2D eigenvalue weighted by Crippen LogP contribution is -2.23. The molecule has 2 nitrogen and oxygen atoms in total. The summed E-state index contributed by atoms with van der Waals surface area (Å²) in [5.41, 5.74) is 2.52. The predicted molar refractivity (Wildman–Crippen MR) is 73.4 cm³/mol. The fourth-order valence-electron chi connectivity index (χ4n) is 1.95. The van der Waals surface area contributed by atoms with Crippen LogP contribution < -0.4 is 5.32 Å². The number of hydrogen-bond acceptors (Lipinski definition) is 3. The van der Waals surface area contributed by atoms with Gasteiger partial charge in [-0.2, -0.15) is 0 Å². The molecule has 1 aromatic carbocycles. The van der Waals surface area contributed by atoms with Crippen LogP contribution in [0.1, 0.15) is 29.2 Å². The Morgan fingerprint density at radius 2 is 2.06 bits per heavy atom. The third kappa shape index (κ3) is 3.38. The maximum Gasteiger partial charge on any atom is 0.0897 e. The molecule has 3 heteroatoms. The Labute approximate surface area is 107 Å². The van der Waals surface area contributed by atoms with Crippen LogP contribution in [0.3, 0.4) is 0 Å². The van der Waals surface area contributed by atoms with Gasteiger partial charge in [-0.3, -0.25) is 0 Å². The van der Waals surface area contributed by atoms with Crippen LogP contribution in [0.4, 0.5) is 0 Å². The molecular weight excluding hydrogens is 228 g/mol. The molecule has 2 aromatic rings. The molecular formula is C14H18N2S. The number of rotatable bonds is 5. The Morgan fingerprint density at radius 3 is 2.65 bits per heavy atom. The van der Waals surface area contributed by atoms with Crippen molar-refractivity contribution in [3.05, 3.63) is 52.0 Å². The normalized spacial score (nSPS) is 12.6.